The van der Waals surface area contributed by atoms with Crippen LogP contribution in [0.3, 0.4) is 0 Å². The van der Waals surface area contributed by atoms with Crippen molar-refractivity contribution in [1.82, 2.24) is 9.88 Å². The van der Waals surface area contributed by atoms with Crippen molar-refractivity contribution in [3.05, 3.63) is 39.8 Å². The molecule has 0 radical (unpaired) electrons. The summed E-state index contributed by atoms with van der Waals surface area (Å²) in [5.74, 6) is 0.468. The number of likely N-dealkylation sites (tertiary alicyclic amines) is 1. The minimum Gasteiger partial charge on any atom is -0.481 e. The SMILES string of the molecule is CC(Oc1ccc(Br)cc1)C(=O)Nc1ncc(CN2CCCCC2C)s1. The number of benzene rings is 1. The normalized spacial score (nSPS) is 19.1. The first-order chi connectivity index (χ1) is 12.5. The van der Waals surface area contributed by atoms with Crippen LogP contribution < -0.4 is 10.1 Å². The molecule has 0 bridgehead atoms. The summed E-state index contributed by atoms with van der Waals surface area (Å²) < 4.78 is 6.65. The third-order valence-electron chi connectivity index (χ3n) is 4.58. The molecule has 26 heavy (non-hydrogen) atoms. The molecule has 2 unspecified atom stereocenters. The molecule has 2 heterocycles. The molecule has 1 fully saturated rings. The molecule has 0 saturated carbocycles. The fourth-order valence-corrected chi connectivity index (χ4v) is 4.11. The number of nitrogens with one attached hydrogen (secondary N) is 1. The second-order valence-corrected chi connectivity index (χ2v) is 8.68. The van der Waals surface area contributed by atoms with Crippen molar-refractivity contribution in [3.8, 4) is 5.75 Å². The van der Waals surface area contributed by atoms with Gasteiger partial charge in [0.05, 0.1) is 0 Å². The van der Waals surface area contributed by atoms with Crippen LogP contribution in [0.2, 0.25) is 0 Å². The van der Waals surface area contributed by atoms with E-state index in [0.717, 1.165) is 17.6 Å². The molecule has 1 aliphatic heterocycles. The van der Waals surface area contributed by atoms with Crippen LogP contribution in [0.15, 0.2) is 34.9 Å². The number of piperidine rings is 1. The second-order valence-electron chi connectivity index (χ2n) is 6.65. The Bertz CT molecular complexity index is 735. The maximum atomic E-state index is 12.3. The highest BCUT2D eigenvalue weighted by Crippen LogP contribution is 2.24. The van der Waals surface area contributed by atoms with Crippen LogP contribution in [0.4, 0.5) is 5.13 Å². The lowest BCUT2D eigenvalue weighted by molar-refractivity contribution is -0.122. The van der Waals surface area contributed by atoms with E-state index in [1.165, 1.54) is 35.5 Å². The molecule has 0 aliphatic carbocycles. The summed E-state index contributed by atoms with van der Waals surface area (Å²) in [4.78, 5) is 20.4. The molecule has 1 saturated heterocycles. The highest BCUT2D eigenvalue weighted by molar-refractivity contribution is 9.10. The highest BCUT2D eigenvalue weighted by Gasteiger charge is 2.20. The van der Waals surface area contributed by atoms with Gasteiger partial charge >= 0.3 is 0 Å². The molecule has 2 aromatic rings. The first-order valence-corrected chi connectivity index (χ1v) is 10.5. The van der Waals surface area contributed by atoms with Gasteiger partial charge in [-0.1, -0.05) is 22.4 Å². The number of halogens is 1. The van der Waals surface area contributed by atoms with Crippen LogP contribution in [0.25, 0.3) is 0 Å². The Morgan fingerprint density at radius 2 is 2.19 bits per heavy atom. The summed E-state index contributed by atoms with van der Waals surface area (Å²) in [7, 11) is 0. The monoisotopic (exact) mass is 437 g/mol. The Labute approximate surface area is 166 Å². The lowest BCUT2D eigenvalue weighted by Gasteiger charge is -2.32. The van der Waals surface area contributed by atoms with E-state index in [9.17, 15) is 4.79 Å². The van der Waals surface area contributed by atoms with E-state index >= 15 is 0 Å². The quantitative estimate of drug-likeness (QED) is 0.711. The first kappa shape index (κ1) is 19.3. The first-order valence-electron chi connectivity index (χ1n) is 8.93. The van der Waals surface area contributed by atoms with E-state index in [0.29, 0.717) is 16.9 Å². The number of carbonyl (C=O) groups excluding carboxylic acids is 1. The predicted molar refractivity (Wildman–Crippen MR) is 109 cm³/mol. The van der Waals surface area contributed by atoms with E-state index in [1.54, 1.807) is 6.92 Å². The van der Waals surface area contributed by atoms with Crippen LogP contribution in [0.5, 0.6) is 5.75 Å². The molecular weight excluding hydrogens is 414 g/mol. The van der Waals surface area contributed by atoms with Gasteiger partial charge in [0, 0.05) is 28.1 Å². The minimum atomic E-state index is -0.592. The summed E-state index contributed by atoms with van der Waals surface area (Å²) in [5.41, 5.74) is 0. The smallest absolute Gasteiger partial charge is 0.266 e. The number of rotatable bonds is 6. The van der Waals surface area contributed by atoms with Crippen LogP contribution in [-0.2, 0) is 11.3 Å². The molecule has 2 atom stereocenters. The second kappa shape index (κ2) is 8.97. The number of carbonyl (C=O) groups is 1. The summed E-state index contributed by atoms with van der Waals surface area (Å²) in [6.07, 6.45) is 5.11. The van der Waals surface area contributed by atoms with Crippen molar-refractivity contribution >= 4 is 38.3 Å². The molecule has 0 spiro atoms. The van der Waals surface area contributed by atoms with E-state index in [1.807, 2.05) is 30.5 Å². The van der Waals surface area contributed by atoms with Crippen LogP contribution in [0, 0.1) is 0 Å². The van der Waals surface area contributed by atoms with Gasteiger partial charge in [-0.2, -0.15) is 0 Å². The van der Waals surface area contributed by atoms with Gasteiger partial charge in [-0.3, -0.25) is 15.0 Å². The Hall–Kier alpha value is -1.44. The zero-order valence-electron chi connectivity index (χ0n) is 15.1. The molecule has 140 valence electrons. The number of amides is 1. The molecular formula is C19H24BrN3O2S. The van der Waals surface area contributed by atoms with Crippen molar-refractivity contribution in [2.75, 3.05) is 11.9 Å². The molecule has 1 N–H and O–H groups in total. The van der Waals surface area contributed by atoms with Crippen molar-refractivity contribution in [2.45, 2.75) is 51.8 Å². The third kappa shape index (κ3) is 5.28. The number of ether oxygens (including phenoxy) is 1. The number of hydrogen-bond acceptors (Lipinski definition) is 5. The number of aromatic nitrogens is 1. The summed E-state index contributed by atoms with van der Waals surface area (Å²) >= 11 is 4.92. The molecule has 1 aromatic carbocycles. The molecule has 1 aliphatic rings. The molecule has 7 heteroatoms. The molecule has 1 aromatic heterocycles. The number of hydrogen-bond donors (Lipinski definition) is 1. The molecule has 5 nitrogen and oxygen atoms in total. The van der Waals surface area contributed by atoms with Crippen molar-refractivity contribution < 1.29 is 9.53 Å². The average Bonchev–Trinajstić information content (AvgIpc) is 3.06. The predicted octanol–water partition coefficient (Wildman–Crippen LogP) is 4.69. The fourth-order valence-electron chi connectivity index (χ4n) is 3.01. The van der Waals surface area contributed by atoms with Crippen LogP contribution >= 0.6 is 27.3 Å². The van der Waals surface area contributed by atoms with Crippen LogP contribution in [0.1, 0.15) is 38.0 Å². The number of anilines is 1. The van der Waals surface area contributed by atoms with Gasteiger partial charge in [-0.05, 0) is 57.5 Å². The lowest BCUT2D eigenvalue weighted by Crippen LogP contribution is -2.36. The largest absolute Gasteiger partial charge is 0.481 e. The minimum absolute atomic E-state index is 0.194. The van der Waals surface area contributed by atoms with Crippen LogP contribution in [-0.4, -0.2) is 34.5 Å². The van der Waals surface area contributed by atoms with Gasteiger partial charge in [-0.25, -0.2) is 4.98 Å². The number of nitrogens with zero attached hydrogens (tertiary/aromatic N) is 2. The Balaban J connectivity index is 1.52. The third-order valence-corrected chi connectivity index (χ3v) is 6.01. The average molecular weight is 438 g/mol. The van der Waals surface area contributed by atoms with Gasteiger partial charge in [-0.15, -0.1) is 11.3 Å². The van der Waals surface area contributed by atoms with Gasteiger partial charge in [0.2, 0.25) is 0 Å². The summed E-state index contributed by atoms with van der Waals surface area (Å²) in [6.45, 7) is 6.06. The van der Waals surface area contributed by atoms with Gasteiger partial charge in [0.15, 0.2) is 11.2 Å². The Morgan fingerprint density at radius 1 is 1.42 bits per heavy atom. The number of thiazole rings is 1. The van der Waals surface area contributed by atoms with Gasteiger partial charge < -0.3 is 4.74 Å². The van der Waals surface area contributed by atoms with E-state index < -0.39 is 6.10 Å². The standard InChI is InChI=1S/C19H24BrN3O2S/c1-13-5-3-4-10-23(13)12-17-11-21-19(26-17)22-18(24)14(2)25-16-8-6-15(20)7-9-16/h6-9,11,13-14H,3-5,10,12H2,1-2H3,(H,21,22,24). The highest BCUT2D eigenvalue weighted by atomic mass is 79.9. The van der Waals surface area contributed by atoms with E-state index in [-0.39, 0.29) is 5.91 Å². The maximum absolute atomic E-state index is 12.3. The lowest BCUT2D eigenvalue weighted by atomic mass is 10.0. The van der Waals surface area contributed by atoms with Gasteiger partial charge in [0.1, 0.15) is 5.75 Å². The van der Waals surface area contributed by atoms with Crippen molar-refractivity contribution in [2.24, 2.45) is 0 Å². The zero-order chi connectivity index (χ0) is 18.5. The van der Waals surface area contributed by atoms with Crippen molar-refractivity contribution in [1.29, 1.82) is 0 Å². The zero-order valence-corrected chi connectivity index (χ0v) is 17.5. The molecule has 3 rings (SSSR count). The fraction of sp³-hybridized carbons (Fsp3) is 0.474. The maximum Gasteiger partial charge on any atom is 0.266 e. The van der Waals surface area contributed by atoms with E-state index in [2.05, 4.69) is 38.1 Å². The Morgan fingerprint density at radius 3 is 2.92 bits per heavy atom. The summed E-state index contributed by atoms with van der Waals surface area (Å²) in [5, 5.41) is 3.48. The summed E-state index contributed by atoms with van der Waals surface area (Å²) in [6, 6.07) is 8.04. The molecule has 1 amide bonds. The topological polar surface area (TPSA) is 54.5 Å². The van der Waals surface area contributed by atoms with Crippen molar-refractivity contribution in [3.63, 3.8) is 0 Å². The van der Waals surface area contributed by atoms with Gasteiger partial charge in [0.25, 0.3) is 5.91 Å². The Kier molecular flexibility index (Phi) is 6.67. The van der Waals surface area contributed by atoms with E-state index in [4.69, 9.17) is 4.74 Å².